The summed E-state index contributed by atoms with van der Waals surface area (Å²) in [6, 6.07) is 0.326. The highest BCUT2D eigenvalue weighted by Gasteiger charge is 2.19. The summed E-state index contributed by atoms with van der Waals surface area (Å²) in [5.74, 6) is 0.548. The molecule has 1 aliphatic rings. The van der Waals surface area contributed by atoms with Crippen molar-refractivity contribution in [3.63, 3.8) is 0 Å². The van der Waals surface area contributed by atoms with E-state index in [9.17, 15) is 4.79 Å². The van der Waals surface area contributed by atoms with Crippen molar-refractivity contribution in [2.45, 2.75) is 45.1 Å². The van der Waals surface area contributed by atoms with Gasteiger partial charge in [-0.15, -0.1) is 12.4 Å². The first kappa shape index (κ1) is 16.7. The topological polar surface area (TPSA) is 64.3 Å². The van der Waals surface area contributed by atoms with Crippen molar-refractivity contribution in [2.24, 2.45) is 11.7 Å². The predicted molar refractivity (Wildman–Crippen MR) is 71.3 cm³/mol. The summed E-state index contributed by atoms with van der Waals surface area (Å²) in [5.41, 5.74) is 5.89. The molecule has 1 aliphatic carbocycles. The van der Waals surface area contributed by atoms with E-state index in [1.807, 2.05) is 6.92 Å². The molecule has 4 nitrogen and oxygen atoms in total. The van der Waals surface area contributed by atoms with Gasteiger partial charge in [-0.25, -0.2) is 0 Å². The van der Waals surface area contributed by atoms with E-state index in [1.165, 1.54) is 12.8 Å². The van der Waals surface area contributed by atoms with E-state index in [0.29, 0.717) is 18.6 Å². The number of hydrogen-bond acceptors (Lipinski definition) is 3. The molecule has 3 N–H and O–H groups in total. The second-order valence-corrected chi connectivity index (χ2v) is 4.65. The lowest BCUT2D eigenvalue weighted by molar-refractivity contribution is -0.125. The highest BCUT2D eigenvalue weighted by Crippen LogP contribution is 2.22. The van der Waals surface area contributed by atoms with E-state index in [-0.39, 0.29) is 24.9 Å². The van der Waals surface area contributed by atoms with Gasteiger partial charge < -0.3 is 15.8 Å². The van der Waals surface area contributed by atoms with E-state index < -0.39 is 0 Å². The fourth-order valence-electron chi connectivity index (χ4n) is 2.14. The van der Waals surface area contributed by atoms with Crippen molar-refractivity contribution in [3.05, 3.63) is 0 Å². The van der Waals surface area contributed by atoms with E-state index >= 15 is 0 Å². The van der Waals surface area contributed by atoms with Crippen LogP contribution in [0.4, 0.5) is 0 Å². The molecule has 0 aliphatic heterocycles. The molecule has 0 heterocycles. The van der Waals surface area contributed by atoms with Crippen LogP contribution in [0.15, 0.2) is 0 Å². The van der Waals surface area contributed by atoms with Crippen LogP contribution in [0.5, 0.6) is 0 Å². The zero-order valence-electron chi connectivity index (χ0n) is 10.6. The highest BCUT2D eigenvalue weighted by molar-refractivity contribution is 5.85. The van der Waals surface area contributed by atoms with Crippen LogP contribution in [0.1, 0.15) is 39.0 Å². The number of nitrogens with one attached hydrogen (secondary N) is 1. The third kappa shape index (κ3) is 7.58. The molecule has 102 valence electrons. The molecule has 0 saturated heterocycles. The third-order valence-corrected chi connectivity index (χ3v) is 2.99. The van der Waals surface area contributed by atoms with Crippen molar-refractivity contribution in [1.29, 1.82) is 0 Å². The predicted octanol–water partition coefficient (Wildman–Crippen LogP) is 1.47. The minimum Gasteiger partial charge on any atom is -0.372 e. The van der Waals surface area contributed by atoms with Crippen molar-refractivity contribution >= 4 is 18.3 Å². The molecule has 0 aromatic rings. The van der Waals surface area contributed by atoms with Crippen molar-refractivity contribution in [1.82, 2.24) is 5.32 Å². The lowest BCUT2D eigenvalue weighted by Crippen LogP contribution is -2.37. The van der Waals surface area contributed by atoms with Gasteiger partial charge in [-0.3, -0.25) is 4.79 Å². The summed E-state index contributed by atoms with van der Waals surface area (Å²) in [6.45, 7) is 3.62. The molecule has 17 heavy (non-hydrogen) atoms. The van der Waals surface area contributed by atoms with Gasteiger partial charge in [0, 0.05) is 19.2 Å². The average molecular weight is 265 g/mol. The molecule has 0 aromatic heterocycles. The van der Waals surface area contributed by atoms with Crippen molar-refractivity contribution in [2.75, 3.05) is 19.8 Å². The molecular formula is C12H25ClN2O2. The smallest absolute Gasteiger partial charge is 0.246 e. The monoisotopic (exact) mass is 264 g/mol. The van der Waals surface area contributed by atoms with E-state index in [1.54, 1.807) is 0 Å². The minimum atomic E-state index is -0.00686. The second kappa shape index (κ2) is 9.68. The lowest BCUT2D eigenvalue weighted by Gasteiger charge is -2.26. The SMILES string of the molecule is CCCOCC(=O)NCC1CCCC(N)C1.Cl. The molecule has 2 atom stereocenters. The number of amides is 1. The zero-order chi connectivity index (χ0) is 11.8. The molecular weight excluding hydrogens is 240 g/mol. The standard InChI is InChI=1S/C12H24N2O2.ClH/c1-2-6-16-9-12(15)14-8-10-4-3-5-11(13)7-10;/h10-11H,2-9,13H2,1H3,(H,14,15);1H. The van der Waals surface area contributed by atoms with Crippen molar-refractivity contribution < 1.29 is 9.53 Å². The Bertz CT molecular complexity index is 215. The highest BCUT2D eigenvalue weighted by atomic mass is 35.5. The first-order chi connectivity index (χ1) is 7.72. The number of ether oxygens (including phenoxy) is 1. The normalized spacial score (nSPS) is 23.9. The lowest BCUT2D eigenvalue weighted by atomic mass is 9.86. The Morgan fingerprint density at radius 2 is 2.24 bits per heavy atom. The van der Waals surface area contributed by atoms with Gasteiger partial charge in [0.15, 0.2) is 0 Å². The molecule has 2 unspecified atom stereocenters. The first-order valence-corrected chi connectivity index (χ1v) is 6.32. The third-order valence-electron chi connectivity index (χ3n) is 2.99. The maximum Gasteiger partial charge on any atom is 0.246 e. The van der Waals surface area contributed by atoms with Crippen LogP contribution >= 0.6 is 12.4 Å². The summed E-state index contributed by atoms with van der Waals surface area (Å²) in [5, 5.41) is 2.91. The number of hydrogen-bond donors (Lipinski definition) is 2. The molecule has 1 fully saturated rings. The maximum atomic E-state index is 11.4. The zero-order valence-corrected chi connectivity index (χ0v) is 11.4. The van der Waals surface area contributed by atoms with E-state index in [2.05, 4.69) is 5.32 Å². The van der Waals surface area contributed by atoms with Crippen LogP contribution < -0.4 is 11.1 Å². The van der Waals surface area contributed by atoms with Gasteiger partial charge in [0.05, 0.1) is 0 Å². The fourth-order valence-corrected chi connectivity index (χ4v) is 2.14. The Balaban J connectivity index is 0.00000256. The fraction of sp³-hybridized carbons (Fsp3) is 0.917. The van der Waals surface area contributed by atoms with Crippen LogP contribution in [0.3, 0.4) is 0 Å². The van der Waals surface area contributed by atoms with E-state index in [4.69, 9.17) is 10.5 Å². The molecule has 0 bridgehead atoms. The Labute approximate surface area is 110 Å². The van der Waals surface area contributed by atoms with E-state index in [0.717, 1.165) is 25.8 Å². The number of carbonyl (C=O) groups is 1. The molecule has 0 aromatic carbocycles. The van der Waals surface area contributed by atoms with Gasteiger partial charge in [-0.05, 0) is 31.6 Å². The minimum absolute atomic E-state index is 0. The van der Waals surface area contributed by atoms with Crippen LogP contribution in [-0.4, -0.2) is 31.7 Å². The van der Waals surface area contributed by atoms with Gasteiger partial charge in [-0.2, -0.15) is 0 Å². The Morgan fingerprint density at radius 1 is 1.47 bits per heavy atom. The van der Waals surface area contributed by atoms with Crippen molar-refractivity contribution in [3.8, 4) is 0 Å². The van der Waals surface area contributed by atoms with Gasteiger partial charge in [0.25, 0.3) is 0 Å². The van der Waals surface area contributed by atoms with Gasteiger partial charge in [0.1, 0.15) is 6.61 Å². The molecule has 5 heteroatoms. The Morgan fingerprint density at radius 3 is 2.88 bits per heavy atom. The number of rotatable bonds is 6. The van der Waals surface area contributed by atoms with Crippen LogP contribution in [0, 0.1) is 5.92 Å². The Kier molecular flexibility index (Phi) is 9.50. The summed E-state index contributed by atoms with van der Waals surface area (Å²) in [6.07, 6.45) is 5.49. The average Bonchev–Trinajstić information content (AvgIpc) is 2.27. The van der Waals surface area contributed by atoms with Crippen LogP contribution in [0.2, 0.25) is 0 Å². The summed E-state index contributed by atoms with van der Waals surface area (Å²) in [4.78, 5) is 11.4. The van der Waals surface area contributed by atoms with Gasteiger partial charge >= 0.3 is 0 Å². The quantitative estimate of drug-likeness (QED) is 0.714. The second-order valence-electron chi connectivity index (χ2n) is 4.65. The first-order valence-electron chi connectivity index (χ1n) is 6.32. The largest absolute Gasteiger partial charge is 0.372 e. The summed E-state index contributed by atoms with van der Waals surface area (Å²) >= 11 is 0. The number of nitrogens with two attached hydrogens (primary N) is 1. The molecule has 0 spiro atoms. The molecule has 1 amide bonds. The maximum absolute atomic E-state index is 11.4. The van der Waals surface area contributed by atoms with Gasteiger partial charge in [0.2, 0.25) is 5.91 Å². The number of halogens is 1. The summed E-state index contributed by atoms with van der Waals surface area (Å²) in [7, 11) is 0. The number of carbonyl (C=O) groups excluding carboxylic acids is 1. The molecule has 1 saturated carbocycles. The summed E-state index contributed by atoms with van der Waals surface area (Å²) < 4.78 is 5.17. The molecule has 0 radical (unpaired) electrons. The van der Waals surface area contributed by atoms with Crippen LogP contribution in [0.25, 0.3) is 0 Å². The van der Waals surface area contributed by atoms with Crippen LogP contribution in [-0.2, 0) is 9.53 Å². The van der Waals surface area contributed by atoms with Gasteiger partial charge in [-0.1, -0.05) is 13.3 Å². The molecule has 1 rings (SSSR count). The Hall–Kier alpha value is -0.320.